The van der Waals surface area contributed by atoms with Gasteiger partial charge in [0.05, 0.1) is 20.6 Å². The number of hydroxylamine groups is 2. The topological polar surface area (TPSA) is 273 Å². The molecule has 4 heterocycles. The van der Waals surface area contributed by atoms with Crippen molar-refractivity contribution in [3.63, 3.8) is 0 Å². The third kappa shape index (κ3) is 21.3. The second kappa shape index (κ2) is 37.2. The van der Waals surface area contributed by atoms with Crippen LogP contribution in [0.5, 0.6) is 11.5 Å². The predicted molar refractivity (Wildman–Crippen MR) is 444 cm³/mol. The fourth-order valence-electron chi connectivity index (χ4n) is 15.0. The molecule has 4 aliphatic heterocycles. The lowest BCUT2D eigenvalue weighted by Crippen LogP contribution is -2.45. The van der Waals surface area contributed by atoms with Crippen molar-refractivity contribution in [3.05, 3.63) is 294 Å². The number of nitrogens with zero attached hydrogens (tertiary/aromatic N) is 4. The summed E-state index contributed by atoms with van der Waals surface area (Å²) in [5, 5.41) is 36.0. The number of carbonyl (C=O) groups excluding carboxylic acids is 8. The standard InChI is InChI=1S/C25H24N2O4.2C24H29NO3.C22H26N2O4/c1-31-23-15-21(25(29)26-30)14-20-11-12-27(16-22(20)23)24(28)13-17-7-9-19(10-8-17)18-5-3-2-4-6-18;1-23(2,3)19-10-8-16(9-11-19)22(28)25-13-18-7-6-17(21(27)14-26)12-20(18)24(4,5)15-25;1-24(2,3)21-10-8-18(9-11-21)23(28)25-13-4-5-17-6-7-20(22(27)16-26)15-19(17)12-14-25;1-22(2,3)17-7-5-14(6-8-17)21(26)24-10-9-15-11-16(20(25)23-27)12-19(28-4)18(15)13-24/h2-10,14-15,30H,11-13,16H2,1H3,(H,26,29);6-12,26H,13-15H2,1-5H3;6-11,15,26H,4-5,12-14,16H2,1-3H3;5-8,11-12,27H,9-10,13H2,1-4H3,(H,23,25). The minimum atomic E-state index is -0.585. The first-order valence-corrected chi connectivity index (χ1v) is 39.1. The molecule has 6 N–H and O–H groups in total. The van der Waals surface area contributed by atoms with E-state index < -0.39 is 25.0 Å². The molecule has 115 heavy (non-hydrogen) atoms. The molecule has 20 nitrogen and oxygen atoms in total. The monoisotopic (exact) mass is 1560 g/mol. The number of aliphatic hydroxyl groups is 2. The van der Waals surface area contributed by atoms with E-state index in [0.29, 0.717) is 116 Å². The number of ketones is 2. The van der Waals surface area contributed by atoms with Crippen molar-refractivity contribution in [1.29, 1.82) is 0 Å². The Morgan fingerprint density at radius 1 is 0.400 bits per heavy atom. The number of nitrogens with one attached hydrogen (secondary N) is 2. The second-order valence-electron chi connectivity index (χ2n) is 33.5. The molecule has 9 aromatic carbocycles. The lowest BCUT2D eigenvalue weighted by Gasteiger charge is -2.40. The van der Waals surface area contributed by atoms with E-state index in [4.69, 9.17) is 30.1 Å². The summed E-state index contributed by atoms with van der Waals surface area (Å²) in [6, 6.07) is 59.6. The van der Waals surface area contributed by atoms with Crippen LogP contribution in [0.25, 0.3) is 11.1 Å². The van der Waals surface area contributed by atoms with Gasteiger partial charge in [0.1, 0.15) is 24.7 Å². The number of aliphatic hydroxyl groups excluding tert-OH is 2. The summed E-state index contributed by atoms with van der Waals surface area (Å²) in [7, 11) is 3.06. The van der Waals surface area contributed by atoms with Crippen LogP contribution in [0.15, 0.2) is 188 Å². The number of amides is 6. The highest BCUT2D eigenvalue weighted by atomic mass is 16.5. The predicted octanol–water partition coefficient (Wildman–Crippen LogP) is 14.8. The average Bonchev–Trinajstić information content (AvgIpc) is 0.773. The minimum Gasteiger partial charge on any atom is -0.496 e. The molecule has 6 amide bonds. The van der Waals surface area contributed by atoms with Gasteiger partial charge in [-0.1, -0.05) is 191 Å². The Labute approximate surface area is 675 Å². The van der Waals surface area contributed by atoms with E-state index in [2.05, 4.69) is 88.3 Å². The smallest absolute Gasteiger partial charge is 0.274 e. The van der Waals surface area contributed by atoms with Crippen molar-refractivity contribution in [2.24, 2.45) is 0 Å². The molecule has 0 bridgehead atoms. The molecule has 0 spiro atoms. The summed E-state index contributed by atoms with van der Waals surface area (Å²) in [5.41, 5.74) is 21.9. The number of methoxy groups -OCH3 is 2. The van der Waals surface area contributed by atoms with Gasteiger partial charge in [-0.3, -0.25) is 48.8 Å². The SMILES string of the molecule is CC(C)(C)c1ccc(C(=O)N2CCCc3ccc(C(=O)CO)cc3CC2)cc1.CC(C)(C)c1ccc(C(=O)N2Cc3ccc(C(=O)CO)cc3C(C)(C)C2)cc1.COc1cc(C(=O)NO)cc2c1CN(C(=O)Cc1ccc(-c3ccccc3)cc1)CC2.COc1cc(C(=O)NO)cc2c1CN(C(=O)c1ccc(C(C)(C)C)cc1)CC2. The van der Waals surface area contributed by atoms with Crippen molar-refractivity contribution in [2.75, 3.05) is 60.2 Å². The normalized spacial score (nSPS) is 14.2. The highest BCUT2D eigenvalue weighted by molar-refractivity contribution is 5.99. The highest BCUT2D eigenvalue weighted by Crippen LogP contribution is 2.38. The van der Waals surface area contributed by atoms with Crippen molar-refractivity contribution >= 4 is 47.0 Å². The molecule has 0 aromatic heterocycles. The van der Waals surface area contributed by atoms with E-state index in [-0.39, 0.29) is 56.9 Å². The average molecular weight is 1560 g/mol. The number of hydrogen-bond acceptors (Lipinski definition) is 14. The van der Waals surface area contributed by atoms with Crippen molar-refractivity contribution in [2.45, 2.75) is 156 Å². The highest BCUT2D eigenvalue weighted by Gasteiger charge is 2.36. The second-order valence-corrected chi connectivity index (χ2v) is 33.5. The molecule has 13 rings (SSSR count). The van der Waals surface area contributed by atoms with Crippen LogP contribution in [-0.2, 0) is 78.2 Å². The van der Waals surface area contributed by atoms with E-state index in [1.54, 1.807) is 52.3 Å². The summed E-state index contributed by atoms with van der Waals surface area (Å²) in [5.74, 6) is -0.522. The van der Waals surface area contributed by atoms with Crippen molar-refractivity contribution in [3.8, 4) is 22.6 Å². The zero-order chi connectivity index (χ0) is 83.3. The van der Waals surface area contributed by atoms with Crippen LogP contribution in [-0.4, -0.2) is 147 Å². The van der Waals surface area contributed by atoms with Gasteiger partial charge in [0.2, 0.25) is 5.91 Å². The van der Waals surface area contributed by atoms with Gasteiger partial charge in [-0.15, -0.1) is 0 Å². The van der Waals surface area contributed by atoms with Crippen LogP contribution in [0, 0.1) is 0 Å². The molecule has 20 heteroatoms. The third-order valence-corrected chi connectivity index (χ3v) is 21.8. The Morgan fingerprint density at radius 3 is 1.26 bits per heavy atom. The van der Waals surface area contributed by atoms with Crippen LogP contribution in [0.1, 0.15) is 222 Å². The first kappa shape index (κ1) is 86.0. The minimum absolute atomic E-state index is 0.0228. The van der Waals surface area contributed by atoms with Gasteiger partial charge in [-0.05, 0) is 188 Å². The number of fused-ring (bicyclic) bond motifs is 4. The van der Waals surface area contributed by atoms with E-state index in [1.807, 2.05) is 154 Å². The van der Waals surface area contributed by atoms with Gasteiger partial charge in [0.25, 0.3) is 29.5 Å². The van der Waals surface area contributed by atoms with E-state index in [1.165, 1.54) is 36.5 Å². The van der Waals surface area contributed by atoms with Crippen LogP contribution in [0.3, 0.4) is 0 Å². The Morgan fingerprint density at radius 2 is 0.800 bits per heavy atom. The summed E-state index contributed by atoms with van der Waals surface area (Å²) < 4.78 is 10.9. The number of rotatable bonds is 14. The Balaban J connectivity index is 0.000000162. The quantitative estimate of drug-likeness (QED) is 0.0336. The van der Waals surface area contributed by atoms with Crippen LogP contribution < -0.4 is 20.4 Å². The maximum absolute atomic E-state index is 13.1. The van der Waals surface area contributed by atoms with Gasteiger partial charge in [0, 0.05) is 108 Å². The van der Waals surface area contributed by atoms with Gasteiger partial charge in [0.15, 0.2) is 11.6 Å². The molecule has 0 atom stereocenters. The number of ether oxygens (including phenoxy) is 2. The fraction of sp³-hybridized carbons (Fsp3) is 0.347. The first-order chi connectivity index (χ1) is 54.6. The van der Waals surface area contributed by atoms with Crippen LogP contribution >= 0.6 is 0 Å². The molecule has 0 fully saturated rings. The molecule has 0 aliphatic carbocycles. The van der Waals surface area contributed by atoms with Gasteiger partial charge in [-0.2, -0.15) is 0 Å². The van der Waals surface area contributed by atoms with Gasteiger partial charge < -0.3 is 39.3 Å². The number of benzene rings is 9. The molecule has 0 unspecified atom stereocenters. The van der Waals surface area contributed by atoms with Crippen molar-refractivity contribution < 1.29 is 68.5 Å². The summed E-state index contributed by atoms with van der Waals surface area (Å²) >= 11 is 0. The molecule has 4 aliphatic rings. The first-order valence-electron chi connectivity index (χ1n) is 39.1. The van der Waals surface area contributed by atoms with Crippen LogP contribution in [0.2, 0.25) is 0 Å². The fourth-order valence-corrected chi connectivity index (χ4v) is 15.0. The third-order valence-electron chi connectivity index (χ3n) is 21.8. The summed E-state index contributed by atoms with van der Waals surface area (Å²) in [6.07, 6.45) is 4.06. The van der Waals surface area contributed by atoms with Crippen LogP contribution in [0.4, 0.5) is 0 Å². The van der Waals surface area contributed by atoms with E-state index in [0.717, 1.165) is 80.6 Å². The Hall–Kier alpha value is -11.4. The molecule has 0 saturated heterocycles. The lowest BCUT2D eigenvalue weighted by molar-refractivity contribution is -0.131. The summed E-state index contributed by atoms with van der Waals surface area (Å²) in [4.78, 5) is 107. The molecule has 0 saturated carbocycles. The summed E-state index contributed by atoms with van der Waals surface area (Å²) in [6.45, 7) is 27.0. The number of hydrogen-bond donors (Lipinski definition) is 6. The zero-order valence-electron chi connectivity index (χ0n) is 68.4. The zero-order valence-corrected chi connectivity index (χ0v) is 68.4. The molecule has 602 valence electrons. The van der Waals surface area contributed by atoms with Crippen molar-refractivity contribution in [1.82, 2.24) is 30.6 Å². The van der Waals surface area contributed by atoms with E-state index >= 15 is 0 Å². The van der Waals surface area contributed by atoms with Gasteiger partial charge >= 0.3 is 0 Å². The molecular formula is C95H108N6O14. The maximum atomic E-state index is 13.1. The molecule has 0 radical (unpaired) electrons. The molecule has 9 aromatic rings. The largest absolute Gasteiger partial charge is 0.496 e. The number of carbonyl (C=O) groups is 8. The maximum Gasteiger partial charge on any atom is 0.274 e. The van der Waals surface area contributed by atoms with Gasteiger partial charge in [-0.25, -0.2) is 11.0 Å². The number of Topliss-reactive ketones (excluding diaryl/α,β-unsaturated/α-hetero) is 2. The lowest BCUT2D eigenvalue weighted by atomic mass is 9.77. The molecular weight excluding hydrogens is 1450 g/mol. The Kier molecular flexibility index (Phi) is 27.9. The van der Waals surface area contributed by atoms with E-state index in [9.17, 15) is 38.4 Å². The Bertz CT molecular complexity index is 4980. The number of aryl methyl sites for hydroxylation is 1.